The fourth-order valence-corrected chi connectivity index (χ4v) is 4.07. The molecule has 146 valence electrons. The van der Waals surface area contributed by atoms with Gasteiger partial charge in [0.05, 0.1) is 5.75 Å². The van der Waals surface area contributed by atoms with E-state index < -0.39 is 0 Å². The van der Waals surface area contributed by atoms with Gasteiger partial charge in [-0.1, -0.05) is 49.0 Å². The number of nitrogens with zero attached hydrogens (tertiary/aromatic N) is 2. The third-order valence-corrected chi connectivity index (χ3v) is 6.00. The van der Waals surface area contributed by atoms with Crippen LogP contribution < -0.4 is 10.9 Å². The highest BCUT2D eigenvalue weighted by molar-refractivity contribution is 7.99. The predicted molar refractivity (Wildman–Crippen MR) is 113 cm³/mol. The van der Waals surface area contributed by atoms with E-state index in [1.807, 2.05) is 50.4 Å². The van der Waals surface area contributed by atoms with E-state index >= 15 is 0 Å². The zero-order valence-electron chi connectivity index (χ0n) is 16.1. The van der Waals surface area contributed by atoms with Crippen molar-refractivity contribution in [2.24, 2.45) is 0 Å². The Morgan fingerprint density at radius 2 is 2.11 bits per heavy atom. The van der Waals surface area contributed by atoms with Crippen LogP contribution in [0.15, 0.2) is 46.5 Å². The number of fused-ring (bicyclic) bond motifs is 1. The number of benzene rings is 1. The van der Waals surface area contributed by atoms with Gasteiger partial charge in [-0.2, -0.15) is 0 Å². The lowest BCUT2D eigenvalue weighted by molar-refractivity contribution is -0.119. The van der Waals surface area contributed by atoms with Gasteiger partial charge in [0.2, 0.25) is 5.91 Å². The van der Waals surface area contributed by atoms with Gasteiger partial charge in [0, 0.05) is 23.8 Å². The Morgan fingerprint density at radius 1 is 1.36 bits per heavy atom. The largest absolute Gasteiger partial charge is 0.355 e. The molecular formula is C21H24N4O2S. The molecule has 6 nitrogen and oxygen atoms in total. The Balaban J connectivity index is 1.71. The topological polar surface area (TPSA) is 79.8 Å². The molecule has 2 N–H and O–H groups in total. The first-order chi connectivity index (χ1) is 13.6. The fourth-order valence-electron chi connectivity index (χ4n) is 3.19. The highest BCUT2D eigenvalue weighted by atomic mass is 32.2. The number of nitrogens with one attached hydrogen (secondary N) is 2. The Labute approximate surface area is 167 Å². The van der Waals surface area contributed by atoms with E-state index in [9.17, 15) is 9.59 Å². The minimum atomic E-state index is -0.0560. The standard InChI is InChI=1S/C21H24N4O2S/c1-3-13(2)23-17(26)12-28-21-24-18-16(14-7-5-4-6-8-14)11-22-19(18)20(27)25(21)15-9-10-15/h4-8,11,13,15,22H,3,9-10,12H2,1-2H3,(H,23,26)/t13-/m1/s1. The summed E-state index contributed by atoms with van der Waals surface area (Å²) in [7, 11) is 0. The van der Waals surface area contributed by atoms with Gasteiger partial charge in [-0.05, 0) is 31.7 Å². The Bertz CT molecular complexity index is 1050. The summed E-state index contributed by atoms with van der Waals surface area (Å²) in [4.78, 5) is 33.3. The molecule has 2 heterocycles. The highest BCUT2D eigenvalue weighted by Gasteiger charge is 2.29. The van der Waals surface area contributed by atoms with Crippen molar-refractivity contribution in [3.63, 3.8) is 0 Å². The molecule has 28 heavy (non-hydrogen) atoms. The van der Waals surface area contributed by atoms with Gasteiger partial charge >= 0.3 is 0 Å². The van der Waals surface area contributed by atoms with Crippen LogP contribution in [-0.2, 0) is 4.79 Å². The van der Waals surface area contributed by atoms with Crippen LogP contribution in [0.3, 0.4) is 0 Å². The monoisotopic (exact) mass is 396 g/mol. The van der Waals surface area contributed by atoms with Crippen molar-refractivity contribution < 1.29 is 4.79 Å². The van der Waals surface area contributed by atoms with Crippen LogP contribution in [0.25, 0.3) is 22.2 Å². The summed E-state index contributed by atoms with van der Waals surface area (Å²) in [5.41, 5.74) is 3.05. The van der Waals surface area contributed by atoms with Gasteiger partial charge < -0.3 is 10.3 Å². The van der Waals surface area contributed by atoms with Gasteiger partial charge in [-0.25, -0.2) is 4.98 Å². The number of hydrogen-bond acceptors (Lipinski definition) is 4. The second kappa shape index (κ2) is 7.83. The molecule has 0 saturated heterocycles. The maximum Gasteiger partial charge on any atom is 0.278 e. The average molecular weight is 397 g/mol. The van der Waals surface area contributed by atoms with Crippen molar-refractivity contribution in [3.8, 4) is 11.1 Å². The fraction of sp³-hybridized carbons (Fsp3) is 0.381. The van der Waals surface area contributed by atoms with E-state index in [0.717, 1.165) is 30.4 Å². The molecule has 1 aliphatic rings. The molecule has 1 aliphatic carbocycles. The minimum Gasteiger partial charge on any atom is -0.355 e. The van der Waals surface area contributed by atoms with E-state index in [1.165, 1.54) is 11.8 Å². The van der Waals surface area contributed by atoms with E-state index in [-0.39, 0.29) is 29.3 Å². The summed E-state index contributed by atoms with van der Waals surface area (Å²) >= 11 is 1.34. The summed E-state index contributed by atoms with van der Waals surface area (Å²) in [6.45, 7) is 4.02. The number of amides is 1. The van der Waals surface area contributed by atoms with Crippen LogP contribution in [0, 0.1) is 0 Å². The first-order valence-corrected chi connectivity index (χ1v) is 10.7. The molecule has 0 bridgehead atoms. The second-order valence-corrected chi connectivity index (χ2v) is 8.20. The van der Waals surface area contributed by atoms with Gasteiger partial charge in [0.1, 0.15) is 11.0 Å². The smallest absolute Gasteiger partial charge is 0.278 e. The molecule has 1 saturated carbocycles. The first-order valence-electron chi connectivity index (χ1n) is 9.69. The van der Waals surface area contributed by atoms with Crippen LogP contribution in [0.1, 0.15) is 39.2 Å². The molecule has 1 aromatic carbocycles. The lowest BCUT2D eigenvalue weighted by Gasteiger charge is -2.13. The molecule has 1 fully saturated rings. The SMILES string of the molecule is CC[C@@H](C)NC(=O)CSc1nc2c(-c3ccccc3)c[nH]c2c(=O)n1C1CC1. The average Bonchev–Trinajstić information content (AvgIpc) is 3.45. The molecule has 0 aliphatic heterocycles. The molecule has 0 radical (unpaired) electrons. The number of hydrogen-bond donors (Lipinski definition) is 2. The summed E-state index contributed by atoms with van der Waals surface area (Å²) < 4.78 is 1.76. The summed E-state index contributed by atoms with van der Waals surface area (Å²) in [6.07, 6.45) is 4.69. The van der Waals surface area contributed by atoms with Crippen LogP contribution in [0.4, 0.5) is 0 Å². The maximum atomic E-state index is 13.1. The van der Waals surface area contributed by atoms with Crippen LogP contribution >= 0.6 is 11.8 Å². The van der Waals surface area contributed by atoms with Gasteiger partial charge in [-0.3, -0.25) is 14.2 Å². The quantitative estimate of drug-likeness (QED) is 0.471. The van der Waals surface area contributed by atoms with Crippen molar-refractivity contribution >= 4 is 28.7 Å². The van der Waals surface area contributed by atoms with E-state index in [4.69, 9.17) is 4.98 Å². The molecule has 1 atom stereocenters. The van der Waals surface area contributed by atoms with Crippen molar-refractivity contribution in [1.82, 2.24) is 19.9 Å². The first kappa shape index (κ1) is 18.8. The Morgan fingerprint density at radius 3 is 2.79 bits per heavy atom. The van der Waals surface area contributed by atoms with Crippen molar-refractivity contribution in [3.05, 3.63) is 46.9 Å². The van der Waals surface area contributed by atoms with Crippen molar-refractivity contribution in [1.29, 1.82) is 0 Å². The number of thioether (sulfide) groups is 1. The zero-order chi connectivity index (χ0) is 19.7. The number of H-pyrrole nitrogens is 1. The van der Waals surface area contributed by atoms with Gasteiger partial charge in [0.25, 0.3) is 5.56 Å². The summed E-state index contributed by atoms with van der Waals surface area (Å²) in [6, 6.07) is 10.2. The second-order valence-electron chi connectivity index (χ2n) is 7.26. The molecule has 2 aromatic heterocycles. The van der Waals surface area contributed by atoms with Crippen molar-refractivity contribution in [2.45, 2.75) is 50.4 Å². The van der Waals surface area contributed by atoms with Gasteiger partial charge in [-0.15, -0.1) is 0 Å². The molecule has 3 aromatic rings. The maximum absolute atomic E-state index is 13.1. The minimum absolute atomic E-state index is 0.0339. The van der Waals surface area contributed by atoms with Crippen LogP contribution in [0.5, 0.6) is 0 Å². The molecule has 0 spiro atoms. The number of aromatic amines is 1. The molecule has 0 unspecified atom stereocenters. The highest BCUT2D eigenvalue weighted by Crippen LogP contribution is 2.37. The number of carbonyl (C=O) groups excluding carboxylic acids is 1. The molecule has 1 amide bonds. The van der Waals surface area contributed by atoms with E-state index in [1.54, 1.807) is 4.57 Å². The zero-order valence-corrected chi connectivity index (χ0v) is 16.9. The third-order valence-electron chi connectivity index (χ3n) is 5.05. The number of rotatable bonds is 7. The molecule has 7 heteroatoms. The van der Waals surface area contributed by atoms with E-state index in [2.05, 4.69) is 10.3 Å². The molecule has 4 rings (SSSR count). The van der Waals surface area contributed by atoms with Crippen LogP contribution in [-0.4, -0.2) is 32.2 Å². The lowest BCUT2D eigenvalue weighted by Crippen LogP contribution is -2.33. The third kappa shape index (κ3) is 3.71. The summed E-state index contributed by atoms with van der Waals surface area (Å²) in [5, 5.41) is 3.59. The summed E-state index contributed by atoms with van der Waals surface area (Å²) in [5.74, 6) is 0.216. The predicted octanol–water partition coefficient (Wildman–Crippen LogP) is 3.73. The van der Waals surface area contributed by atoms with Crippen molar-refractivity contribution in [2.75, 3.05) is 5.75 Å². The number of aromatic nitrogens is 3. The van der Waals surface area contributed by atoms with Crippen LogP contribution in [0.2, 0.25) is 0 Å². The van der Waals surface area contributed by atoms with Gasteiger partial charge in [0.15, 0.2) is 5.16 Å². The Kier molecular flexibility index (Phi) is 5.26. The van der Waals surface area contributed by atoms with E-state index in [0.29, 0.717) is 16.2 Å². The molecular weight excluding hydrogens is 372 g/mol. The number of carbonyl (C=O) groups is 1. The lowest BCUT2D eigenvalue weighted by atomic mass is 10.1. The normalized spacial score (nSPS) is 14.9. The Hall–Kier alpha value is -2.54.